The standard InChI is InChI=1S/C13H9F11O4.C12H13F7O4.C12H14F6O4.C11H11F7O4.C11H12F6O4/c1-5(2)6(25)27-3-4-28-7(26)8(14)9(15,16)11(19,20)13(23,24)12(21,22)10(8,17)18;1-7(2)8(20)22-3-4-23-9(21)11(15,16)5-10(13,14)6-12(17,18)19;1-7(2)9(19)21-3-4-22-10(20)12(17,18)6-11(15,16)5-8(13)14;1-2-7(19)21-3-4-22-8(20)10(14,15)5-9(12,13)6-11(16,17)18;1-2-8(18)20-3-4-21-9(19)11(16,17)6-10(14,15)5-7(12)13/h1,3-4H2,2H3;1,3-6H2,2H3;8H,1,3-6H2,2H3;2H,1,3-6H2;2,7H,1,3-6H2. The second kappa shape index (κ2) is 44.4. The van der Waals surface area contributed by atoms with E-state index < -0.39 is 285 Å². The van der Waals surface area contributed by atoms with Crippen LogP contribution >= 0.6 is 0 Å². The number of carbonyl (C=O) groups is 10. The van der Waals surface area contributed by atoms with Crippen molar-refractivity contribution in [3.63, 3.8) is 0 Å². The molecule has 0 aliphatic heterocycles. The molecule has 0 bridgehead atoms. The van der Waals surface area contributed by atoms with Crippen molar-refractivity contribution in [2.75, 3.05) is 66.1 Å². The summed E-state index contributed by atoms with van der Waals surface area (Å²) in [4.78, 5) is 109. The van der Waals surface area contributed by atoms with Crippen molar-refractivity contribution in [3.8, 4) is 0 Å². The molecule has 0 aromatic heterocycles. The average Bonchev–Trinajstić information content (AvgIpc) is 0.660. The highest BCUT2D eigenvalue weighted by Gasteiger charge is 3.03. The first-order valence-electron chi connectivity index (χ1n) is 29.8. The first kappa shape index (κ1) is 113. The minimum atomic E-state index is -7.43. The van der Waals surface area contributed by atoms with Crippen LogP contribution in [0.25, 0.3) is 0 Å². The first-order valence-corrected chi connectivity index (χ1v) is 29.8. The smallest absolute Gasteiger partial charge is 0.394 e. The zero-order valence-corrected chi connectivity index (χ0v) is 58.2. The molecule has 0 radical (unpaired) electrons. The van der Waals surface area contributed by atoms with Crippen molar-refractivity contribution in [1.29, 1.82) is 0 Å². The fourth-order valence-corrected chi connectivity index (χ4v) is 6.74. The van der Waals surface area contributed by atoms with Gasteiger partial charge in [0.2, 0.25) is 12.9 Å². The number of ether oxygens (including phenoxy) is 10. The van der Waals surface area contributed by atoms with E-state index in [-0.39, 0.29) is 16.7 Å². The third-order valence-electron chi connectivity index (χ3n) is 11.8. The molecular weight excluding hydrogens is 1730 g/mol. The predicted octanol–water partition coefficient (Wildman–Crippen LogP) is 15.2. The van der Waals surface area contributed by atoms with E-state index in [1.165, 1.54) is 13.8 Å². The van der Waals surface area contributed by atoms with Gasteiger partial charge >= 0.3 is 131 Å². The van der Waals surface area contributed by atoms with Crippen LogP contribution in [-0.2, 0) is 95.3 Å². The number of esters is 10. The Kier molecular flexibility index (Phi) is 43.3. The number of halogens is 37. The normalized spacial score (nSPS) is 15.6. The van der Waals surface area contributed by atoms with Crippen molar-refractivity contribution < 1.29 is 258 Å². The predicted molar refractivity (Wildman–Crippen MR) is 304 cm³/mol. The topological polar surface area (TPSA) is 263 Å². The van der Waals surface area contributed by atoms with Crippen LogP contribution in [0, 0.1) is 0 Å². The largest absolute Gasteiger partial charge is 0.459 e. The summed E-state index contributed by atoms with van der Waals surface area (Å²) < 4.78 is 513. The highest BCUT2D eigenvalue weighted by Crippen LogP contribution is 2.69. The van der Waals surface area contributed by atoms with Crippen molar-refractivity contribution in [2.45, 2.75) is 180 Å². The van der Waals surface area contributed by atoms with Crippen LogP contribution in [0.1, 0.15) is 72.1 Å². The molecule has 20 nitrogen and oxygen atoms in total. The fourth-order valence-electron chi connectivity index (χ4n) is 6.74. The average molecular weight is 1790 g/mol. The Morgan fingerprint density at radius 2 is 0.483 bits per heavy atom. The first-order chi connectivity index (χ1) is 51.6. The molecule has 0 spiro atoms. The highest BCUT2D eigenvalue weighted by atomic mass is 19.4. The van der Waals surface area contributed by atoms with Crippen molar-refractivity contribution >= 4 is 59.7 Å². The molecule has 0 heterocycles. The minimum absolute atomic E-state index is 0.0169. The zero-order chi connectivity index (χ0) is 92.9. The summed E-state index contributed by atoms with van der Waals surface area (Å²) in [5.41, 5.74) is -7.15. The van der Waals surface area contributed by atoms with E-state index >= 15 is 0 Å². The van der Waals surface area contributed by atoms with E-state index in [0.717, 1.165) is 19.1 Å². The molecule has 0 atom stereocenters. The van der Waals surface area contributed by atoms with Crippen LogP contribution < -0.4 is 0 Å². The van der Waals surface area contributed by atoms with Crippen LogP contribution in [0.3, 0.4) is 0 Å². The van der Waals surface area contributed by atoms with Crippen molar-refractivity contribution in [3.05, 3.63) is 61.8 Å². The van der Waals surface area contributed by atoms with Gasteiger partial charge in [0.15, 0.2) is 0 Å². The van der Waals surface area contributed by atoms with Gasteiger partial charge in [-0.15, -0.1) is 0 Å². The maximum atomic E-state index is 14.2. The van der Waals surface area contributed by atoms with Gasteiger partial charge in [-0.25, -0.2) is 105 Å². The lowest BCUT2D eigenvalue weighted by Crippen LogP contribution is -2.85. The second-order valence-corrected chi connectivity index (χ2v) is 22.4. The summed E-state index contributed by atoms with van der Waals surface area (Å²) in [6.07, 6.45) is -36.1. The molecule has 0 amide bonds. The van der Waals surface area contributed by atoms with E-state index in [1.807, 2.05) is 0 Å². The van der Waals surface area contributed by atoms with Gasteiger partial charge < -0.3 is 47.4 Å². The molecule has 1 saturated carbocycles. The van der Waals surface area contributed by atoms with Crippen LogP contribution in [0.15, 0.2) is 61.8 Å². The quantitative estimate of drug-likeness (QED) is 0.0182. The molecule has 0 aromatic rings. The fraction of sp³-hybridized carbons (Fsp3) is 0.661. The zero-order valence-electron chi connectivity index (χ0n) is 58.2. The third-order valence-corrected chi connectivity index (χ3v) is 11.8. The van der Waals surface area contributed by atoms with Crippen LogP contribution in [0.2, 0.25) is 0 Å². The molecule has 674 valence electrons. The van der Waals surface area contributed by atoms with Gasteiger partial charge in [0, 0.05) is 28.9 Å². The lowest BCUT2D eigenvalue weighted by atomic mass is 9.72. The minimum Gasteiger partial charge on any atom is -0.459 e. The molecule has 0 aromatic carbocycles. The maximum Gasteiger partial charge on any atom is 0.394 e. The van der Waals surface area contributed by atoms with Gasteiger partial charge in [0.1, 0.15) is 78.9 Å². The molecule has 1 fully saturated rings. The number of hydrogen-bond donors (Lipinski definition) is 0. The molecule has 1 aliphatic carbocycles. The Balaban J connectivity index is -0.000000679. The van der Waals surface area contributed by atoms with Crippen molar-refractivity contribution in [2.24, 2.45) is 0 Å². The Morgan fingerprint density at radius 3 is 0.681 bits per heavy atom. The molecule has 116 heavy (non-hydrogen) atoms. The number of hydrogen-bond acceptors (Lipinski definition) is 20. The van der Waals surface area contributed by atoms with E-state index in [1.54, 1.807) is 0 Å². The molecule has 0 unspecified atom stereocenters. The summed E-state index contributed by atoms with van der Waals surface area (Å²) in [5, 5.41) is 0. The number of alkyl halides is 37. The van der Waals surface area contributed by atoms with Gasteiger partial charge in [-0.3, -0.25) is 0 Å². The van der Waals surface area contributed by atoms with Gasteiger partial charge in [-0.05, 0) is 20.8 Å². The van der Waals surface area contributed by atoms with E-state index in [0.29, 0.717) is 0 Å². The number of carbonyl (C=O) groups excluding carboxylic acids is 10. The van der Waals surface area contributed by atoms with Gasteiger partial charge in [0.05, 0.1) is 38.5 Å². The molecular formula is C59H59F37O20. The Bertz CT molecular complexity index is 3320. The molecule has 1 rings (SSSR count). The Morgan fingerprint density at radius 1 is 0.293 bits per heavy atom. The molecule has 0 N–H and O–H groups in total. The second-order valence-electron chi connectivity index (χ2n) is 22.4. The van der Waals surface area contributed by atoms with E-state index in [2.05, 4.69) is 80.3 Å². The lowest BCUT2D eigenvalue weighted by Gasteiger charge is -2.50. The maximum absolute atomic E-state index is 14.2. The molecule has 0 saturated heterocycles. The van der Waals surface area contributed by atoms with E-state index in [4.69, 9.17) is 0 Å². The van der Waals surface area contributed by atoms with E-state index in [9.17, 15) is 210 Å². The summed E-state index contributed by atoms with van der Waals surface area (Å²) in [6, 6.07) is 0. The highest BCUT2D eigenvalue weighted by molar-refractivity contribution is 5.88. The third kappa shape index (κ3) is 38.3. The van der Waals surface area contributed by atoms with Crippen molar-refractivity contribution in [1.82, 2.24) is 0 Å². The van der Waals surface area contributed by atoms with Crippen LogP contribution in [0.5, 0.6) is 0 Å². The summed E-state index contributed by atoms with van der Waals surface area (Å²) >= 11 is 0. The summed E-state index contributed by atoms with van der Waals surface area (Å²) in [6.45, 7) is 10.7. The number of rotatable bonds is 39. The van der Waals surface area contributed by atoms with Crippen LogP contribution in [0.4, 0.5) is 162 Å². The summed E-state index contributed by atoms with van der Waals surface area (Å²) in [5.74, 6) is -92.3. The Labute approximate surface area is 624 Å². The van der Waals surface area contributed by atoms with Gasteiger partial charge in [-0.1, -0.05) is 32.9 Å². The molecule has 1 aliphatic rings. The monoisotopic (exact) mass is 1790 g/mol. The molecule has 57 heteroatoms. The SMILES string of the molecule is C=C(C)C(=O)OCCOC(=O)C(F)(F)CC(F)(F)CC(F)(F)F.C=C(C)C(=O)OCCOC(=O)C(F)(F)CC(F)(F)CC(F)F.C=C(C)C(=O)OCCOC(=O)C1(F)C(F)(F)C(F)(F)C(F)(F)C(F)(F)C1(F)F.C=CC(=O)OCCOC(=O)C(F)(F)CC(F)(F)CC(F)(F)F.C=CC(=O)OCCOC(=O)C(F)(F)CC(F)(F)CC(F)F. The van der Waals surface area contributed by atoms with Crippen LogP contribution in [-0.4, -0.2) is 234 Å². The Hall–Kier alpha value is -9.19. The lowest BCUT2D eigenvalue weighted by molar-refractivity contribution is -0.478. The van der Waals surface area contributed by atoms with Gasteiger partial charge in [-0.2, -0.15) is 105 Å². The summed E-state index contributed by atoms with van der Waals surface area (Å²) in [7, 11) is 0. The van der Waals surface area contributed by atoms with Gasteiger partial charge in [0.25, 0.3) is 23.7 Å².